The van der Waals surface area contributed by atoms with E-state index in [4.69, 9.17) is 0 Å². The third-order valence-corrected chi connectivity index (χ3v) is 5.66. The minimum Gasteiger partial charge on any atom is -0.351 e. The van der Waals surface area contributed by atoms with Gasteiger partial charge in [0, 0.05) is 43.3 Å². The standard InChI is InChI=1S/C14H17N3O3S2/c1-17(2)22(19,20)9-7-15-13(18)11-4-3-5-12(10-11)14-16-6-8-21-14/h3-6,8,10H,7,9H2,1-2H3,(H,15,18). The number of amides is 1. The van der Waals surface area contributed by atoms with Crippen LogP contribution in [0.4, 0.5) is 0 Å². The Balaban J connectivity index is 2.00. The lowest BCUT2D eigenvalue weighted by Crippen LogP contribution is -2.33. The number of benzene rings is 1. The van der Waals surface area contributed by atoms with Crippen LogP contribution in [0.2, 0.25) is 0 Å². The molecular weight excluding hydrogens is 322 g/mol. The first-order valence-electron chi connectivity index (χ1n) is 6.58. The van der Waals surface area contributed by atoms with Gasteiger partial charge < -0.3 is 5.32 Å². The molecule has 6 nitrogen and oxygen atoms in total. The van der Waals surface area contributed by atoms with Gasteiger partial charge in [-0.05, 0) is 12.1 Å². The van der Waals surface area contributed by atoms with Crippen molar-refractivity contribution < 1.29 is 13.2 Å². The zero-order valence-corrected chi connectivity index (χ0v) is 13.9. The normalized spacial score (nSPS) is 11.6. The van der Waals surface area contributed by atoms with Crippen LogP contribution in [0.25, 0.3) is 10.6 Å². The molecule has 2 aromatic rings. The Labute approximate surface area is 133 Å². The number of aromatic nitrogens is 1. The van der Waals surface area contributed by atoms with Crippen LogP contribution in [0.15, 0.2) is 35.8 Å². The number of nitrogens with one attached hydrogen (secondary N) is 1. The van der Waals surface area contributed by atoms with E-state index in [1.54, 1.807) is 24.4 Å². The number of rotatable bonds is 6. The highest BCUT2D eigenvalue weighted by molar-refractivity contribution is 7.89. The number of hydrogen-bond acceptors (Lipinski definition) is 5. The molecule has 1 N–H and O–H groups in total. The Hall–Kier alpha value is -1.77. The lowest BCUT2D eigenvalue weighted by atomic mass is 10.1. The molecule has 8 heteroatoms. The first-order valence-corrected chi connectivity index (χ1v) is 9.07. The number of nitrogens with zero attached hydrogens (tertiary/aromatic N) is 2. The van der Waals surface area contributed by atoms with Crippen molar-refractivity contribution in [2.45, 2.75) is 0 Å². The smallest absolute Gasteiger partial charge is 0.251 e. The molecule has 118 valence electrons. The third-order valence-electron chi connectivity index (χ3n) is 3.01. The Morgan fingerprint density at radius 1 is 1.36 bits per heavy atom. The molecule has 0 aliphatic rings. The molecule has 0 radical (unpaired) electrons. The molecule has 1 heterocycles. The number of thiazole rings is 1. The van der Waals surface area contributed by atoms with Gasteiger partial charge in [-0.2, -0.15) is 0 Å². The van der Waals surface area contributed by atoms with E-state index in [1.807, 2.05) is 11.4 Å². The molecule has 0 aliphatic carbocycles. The zero-order valence-electron chi connectivity index (χ0n) is 12.3. The maximum Gasteiger partial charge on any atom is 0.251 e. The molecule has 0 bridgehead atoms. The molecule has 22 heavy (non-hydrogen) atoms. The highest BCUT2D eigenvalue weighted by Gasteiger charge is 2.14. The van der Waals surface area contributed by atoms with Crippen LogP contribution in [-0.2, 0) is 10.0 Å². The van der Waals surface area contributed by atoms with Crippen molar-refractivity contribution in [1.82, 2.24) is 14.6 Å². The van der Waals surface area contributed by atoms with Crippen molar-refractivity contribution >= 4 is 27.3 Å². The molecule has 1 aromatic heterocycles. The number of hydrogen-bond donors (Lipinski definition) is 1. The van der Waals surface area contributed by atoms with Crippen molar-refractivity contribution in [3.8, 4) is 10.6 Å². The molecule has 0 saturated heterocycles. The van der Waals surface area contributed by atoms with Crippen LogP contribution in [0.3, 0.4) is 0 Å². The quantitative estimate of drug-likeness (QED) is 0.863. The maximum absolute atomic E-state index is 12.1. The predicted molar refractivity (Wildman–Crippen MR) is 87.4 cm³/mol. The molecule has 0 atom stereocenters. The van der Waals surface area contributed by atoms with Gasteiger partial charge >= 0.3 is 0 Å². The summed E-state index contributed by atoms with van der Waals surface area (Å²) >= 11 is 1.49. The van der Waals surface area contributed by atoms with Gasteiger partial charge in [-0.15, -0.1) is 11.3 Å². The lowest BCUT2D eigenvalue weighted by molar-refractivity contribution is 0.0956. The van der Waals surface area contributed by atoms with Crippen LogP contribution in [0, 0.1) is 0 Å². The van der Waals surface area contributed by atoms with Crippen LogP contribution < -0.4 is 5.32 Å². The Kier molecular flexibility index (Phi) is 5.28. The fraction of sp³-hybridized carbons (Fsp3) is 0.286. The molecule has 0 unspecified atom stereocenters. The summed E-state index contributed by atoms with van der Waals surface area (Å²) in [6.07, 6.45) is 1.71. The summed E-state index contributed by atoms with van der Waals surface area (Å²) in [4.78, 5) is 16.3. The topological polar surface area (TPSA) is 79.4 Å². The summed E-state index contributed by atoms with van der Waals surface area (Å²) in [6.45, 7) is 0.0703. The van der Waals surface area contributed by atoms with E-state index in [2.05, 4.69) is 10.3 Å². The Bertz CT molecular complexity index is 740. The summed E-state index contributed by atoms with van der Waals surface area (Å²) in [6, 6.07) is 7.09. The number of carbonyl (C=O) groups is 1. The van der Waals surface area contributed by atoms with Crippen LogP contribution in [-0.4, -0.2) is 50.0 Å². The molecule has 0 aliphatic heterocycles. The van der Waals surface area contributed by atoms with Gasteiger partial charge in [-0.1, -0.05) is 12.1 Å². The van der Waals surface area contributed by atoms with Gasteiger partial charge in [0.2, 0.25) is 10.0 Å². The van der Waals surface area contributed by atoms with Crippen molar-refractivity contribution in [2.75, 3.05) is 26.4 Å². The minimum absolute atomic E-state index is 0.0703. The van der Waals surface area contributed by atoms with Crippen molar-refractivity contribution in [1.29, 1.82) is 0 Å². The summed E-state index contributed by atoms with van der Waals surface area (Å²) < 4.78 is 24.4. The van der Waals surface area contributed by atoms with E-state index in [0.717, 1.165) is 14.9 Å². The van der Waals surface area contributed by atoms with Crippen LogP contribution in [0.5, 0.6) is 0 Å². The summed E-state index contributed by atoms with van der Waals surface area (Å²) in [5.41, 5.74) is 1.35. The number of sulfonamides is 1. The van der Waals surface area contributed by atoms with Gasteiger partial charge in [0.1, 0.15) is 5.01 Å². The van der Waals surface area contributed by atoms with Gasteiger partial charge in [-0.3, -0.25) is 4.79 Å². The average Bonchev–Trinajstić information content (AvgIpc) is 3.01. The predicted octanol–water partition coefficient (Wildman–Crippen LogP) is 1.43. The molecule has 1 aromatic carbocycles. The van der Waals surface area contributed by atoms with E-state index < -0.39 is 10.0 Å². The monoisotopic (exact) mass is 339 g/mol. The average molecular weight is 339 g/mol. The molecule has 0 spiro atoms. The highest BCUT2D eigenvalue weighted by atomic mass is 32.2. The molecular formula is C14H17N3O3S2. The first kappa shape index (κ1) is 16.6. The van der Waals surface area contributed by atoms with Gasteiger partial charge in [0.05, 0.1) is 5.75 Å². The third kappa shape index (κ3) is 4.12. The molecule has 2 rings (SSSR count). The van der Waals surface area contributed by atoms with Crippen molar-refractivity contribution in [3.05, 3.63) is 41.4 Å². The highest BCUT2D eigenvalue weighted by Crippen LogP contribution is 2.22. The van der Waals surface area contributed by atoms with E-state index in [0.29, 0.717) is 5.56 Å². The summed E-state index contributed by atoms with van der Waals surface area (Å²) in [7, 11) is -0.376. The lowest BCUT2D eigenvalue weighted by Gasteiger charge is -2.11. The second-order valence-electron chi connectivity index (χ2n) is 4.77. The van der Waals surface area contributed by atoms with Crippen molar-refractivity contribution in [2.24, 2.45) is 0 Å². The van der Waals surface area contributed by atoms with E-state index in [-0.39, 0.29) is 18.2 Å². The maximum atomic E-state index is 12.1. The fourth-order valence-electron chi connectivity index (χ4n) is 1.74. The largest absolute Gasteiger partial charge is 0.351 e. The Morgan fingerprint density at radius 3 is 2.77 bits per heavy atom. The molecule has 0 fully saturated rings. The zero-order chi connectivity index (χ0) is 16.2. The minimum atomic E-state index is -3.31. The fourth-order valence-corrected chi connectivity index (χ4v) is 3.10. The first-order chi connectivity index (χ1) is 10.4. The number of carbonyl (C=O) groups excluding carboxylic acids is 1. The second-order valence-corrected chi connectivity index (χ2v) is 7.97. The molecule has 1 amide bonds. The van der Waals surface area contributed by atoms with Gasteiger partial charge in [0.25, 0.3) is 5.91 Å². The summed E-state index contributed by atoms with van der Waals surface area (Å²) in [5.74, 6) is -0.426. The van der Waals surface area contributed by atoms with Gasteiger partial charge in [-0.25, -0.2) is 17.7 Å². The van der Waals surface area contributed by atoms with E-state index in [9.17, 15) is 13.2 Å². The summed E-state index contributed by atoms with van der Waals surface area (Å²) in [5, 5.41) is 5.33. The van der Waals surface area contributed by atoms with Crippen LogP contribution in [0.1, 0.15) is 10.4 Å². The SMILES string of the molecule is CN(C)S(=O)(=O)CCNC(=O)c1cccc(-c2nccs2)c1. The second kappa shape index (κ2) is 6.99. The Morgan fingerprint density at radius 2 is 2.14 bits per heavy atom. The van der Waals surface area contributed by atoms with E-state index in [1.165, 1.54) is 25.4 Å². The van der Waals surface area contributed by atoms with Crippen molar-refractivity contribution in [3.63, 3.8) is 0 Å². The van der Waals surface area contributed by atoms with Crippen LogP contribution >= 0.6 is 11.3 Å². The van der Waals surface area contributed by atoms with Gasteiger partial charge in [0.15, 0.2) is 0 Å². The molecule has 0 saturated carbocycles. The van der Waals surface area contributed by atoms with E-state index >= 15 is 0 Å².